The van der Waals surface area contributed by atoms with Gasteiger partial charge in [-0.15, -0.1) is 0 Å². The summed E-state index contributed by atoms with van der Waals surface area (Å²) in [5.41, 5.74) is 5.79. The fourth-order valence-corrected chi connectivity index (χ4v) is 0.994. The molecule has 0 rings (SSSR count). The van der Waals surface area contributed by atoms with Gasteiger partial charge < -0.3 is 15.2 Å². The van der Waals surface area contributed by atoms with Crippen LogP contribution in [0, 0.1) is 0 Å². The van der Waals surface area contributed by atoms with Crippen LogP contribution < -0.4 is 5.73 Å². The van der Waals surface area contributed by atoms with Gasteiger partial charge >= 0.3 is 0 Å². The number of hydrogen-bond acceptors (Lipinski definition) is 3. The van der Waals surface area contributed by atoms with E-state index in [-0.39, 0.29) is 0 Å². The minimum Gasteiger partial charge on any atom is -0.382 e. The molecule has 0 heterocycles. The number of methoxy groups -OCH3 is 1. The van der Waals surface area contributed by atoms with Gasteiger partial charge in [0, 0.05) is 19.8 Å². The molecule has 0 saturated heterocycles. The molecule has 0 aliphatic carbocycles. The molecule has 2 N–H and O–H groups in total. The maximum atomic E-state index is 5.79. The fourth-order valence-electron chi connectivity index (χ4n) is 0.994. The molecular weight excluding hydrogens is 154 g/mol. The molecule has 0 amide bonds. The highest BCUT2D eigenvalue weighted by Crippen LogP contribution is 1.98. The smallest absolute Gasteiger partial charge is 0.0700 e. The van der Waals surface area contributed by atoms with Crippen LogP contribution in [-0.4, -0.2) is 33.0 Å². The minimum atomic E-state index is 0.303. The monoisotopic (exact) mass is 175 g/mol. The summed E-state index contributed by atoms with van der Waals surface area (Å²) in [6.07, 6.45) is 3.20. The van der Waals surface area contributed by atoms with Crippen molar-refractivity contribution in [1.29, 1.82) is 0 Å². The van der Waals surface area contributed by atoms with Crippen LogP contribution >= 0.6 is 0 Å². The number of nitrogens with two attached hydrogens (primary N) is 1. The molecule has 12 heavy (non-hydrogen) atoms. The molecule has 0 unspecified atom stereocenters. The van der Waals surface area contributed by atoms with Crippen LogP contribution in [0.1, 0.15) is 26.2 Å². The lowest BCUT2D eigenvalue weighted by molar-refractivity contribution is 0.0669. The van der Waals surface area contributed by atoms with Crippen molar-refractivity contribution >= 4 is 0 Å². The molecule has 0 spiro atoms. The van der Waals surface area contributed by atoms with E-state index in [9.17, 15) is 0 Å². The quantitative estimate of drug-likeness (QED) is 0.563. The summed E-state index contributed by atoms with van der Waals surface area (Å²) in [6.45, 7) is 4.24. The van der Waals surface area contributed by atoms with Gasteiger partial charge in [0.2, 0.25) is 0 Å². The third kappa shape index (κ3) is 7.98. The minimum absolute atomic E-state index is 0.303. The van der Waals surface area contributed by atoms with Crippen LogP contribution in [0.2, 0.25) is 0 Å². The van der Waals surface area contributed by atoms with E-state index < -0.39 is 0 Å². The molecule has 0 bridgehead atoms. The van der Waals surface area contributed by atoms with E-state index in [1.54, 1.807) is 7.11 Å². The number of rotatable bonds is 8. The van der Waals surface area contributed by atoms with Gasteiger partial charge in [-0.05, 0) is 12.8 Å². The van der Waals surface area contributed by atoms with Crippen LogP contribution in [0.3, 0.4) is 0 Å². The van der Waals surface area contributed by atoms with Gasteiger partial charge in [-0.3, -0.25) is 0 Å². The van der Waals surface area contributed by atoms with Crippen LogP contribution in [0.25, 0.3) is 0 Å². The largest absolute Gasteiger partial charge is 0.382 e. The van der Waals surface area contributed by atoms with Crippen LogP contribution in [0.4, 0.5) is 0 Å². The molecule has 0 aromatic carbocycles. The van der Waals surface area contributed by atoms with Crippen molar-refractivity contribution in [3.63, 3.8) is 0 Å². The first kappa shape index (κ1) is 11.9. The van der Waals surface area contributed by atoms with Gasteiger partial charge in [-0.2, -0.15) is 0 Å². The maximum absolute atomic E-state index is 5.79. The first-order valence-corrected chi connectivity index (χ1v) is 4.63. The fraction of sp³-hybridized carbons (Fsp3) is 1.00. The highest BCUT2D eigenvalue weighted by molar-refractivity contribution is 4.58. The third-order valence-electron chi connectivity index (χ3n) is 1.72. The van der Waals surface area contributed by atoms with Crippen molar-refractivity contribution in [3.05, 3.63) is 0 Å². The Labute approximate surface area is 75.2 Å². The Bertz CT molecular complexity index is 88.6. The highest BCUT2D eigenvalue weighted by Gasteiger charge is 1.99. The summed E-state index contributed by atoms with van der Waals surface area (Å²) in [6, 6.07) is 0.303. The summed E-state index contributed by atoms with van der Waals surface area (Å²) in [7, 11) is 1.67. The molecule has 74 valence electrons. The summed E-state index contributed by atoms with van der Waals surface area (Å²) in [5.74, 6) is 0. The second kappa shape index (κ2) is 8.97. The van der Waals surface area contributed by atoms with E-state index in [1.807, 2.05) is 0 Å². The van der Waals surface area contributed by atoms with Crippen molar-refractivity contribution in [1.82, 2.24) is 0 Å². The lowest BCUT2D eigenvalue weighted by Crippen LogP contribution is -2.21. The zero-order chi connectivity index (χ0) is 9.23. The zero-order valence-electron chi connectivity index (χ0n) is 8.21. The summed E-state index contributed by atoms with van der Waals surface area (Å²) in [4.78, 5) is 0. The molecule has 0 aliphatic rings. The molecule has 0 radical (unpaired) electrons. The van der Waals surface area contributed by atoms with Gasteiger partial charge in [0.1, 0.15) is 0 Å². The normalized spacial score (nSPS) is 13.2. The molecule has 0 aromatic heterocycles. The van der Waals surface area contributed by atoms with Crippen LogP contribution in [0.15, 0.2) is 0 Å². The first-order chi connectivity index (χ1) is 5.81. The molecule has 1 atom stereocenters. The predicted molar refractivity (Wildman–Crippen MR) is 50.2 cm³/mol. The SMILES string of the molecule is CCC[C@H](N)CCOCCOC. The molecule has 3 heteroatoms. The molecule has 0 saturated carbocycles. The van der Waals surface area contributed by atoms with Gasteiger partial charge in [0.05, 0.1) is 13.2 Å². The summed E-state index contributed by atoms with van der Waals surface area (Å²) < 4.78 is 10.1. The van der Waals surface area contributed by atoms with Crippen molar-refractivity contribution in [2.24, 2.45) is 5.73 Å². The molecular formula is C9H21NO2. The molecule has 0 aliphatic heterocycles. The Morgan fingerprint density at radius 2 is 1.92 bits per heavy atom. The molecule has 0 aromatic rings. The lowest BCUT2D eigenvalue weighted by Gasteiger charge is -2.09. The summed E-state index contributed by atoms with van der Waals surface area (Å²) >= 11 is 0. The lowest BCUT2D eigenvalue weighted by atomic mass is 10.1. The van der Waals surface area contributed by atoms with Gasteiger partial charge in [0.15, 0.2) is 0 Å². The van der Waals surface area contributed by atoms with E-state index in [4.69, 9.17) is 15.2 Å². The molecule has 3 nitrogen and oxygen atoms in total. The second-order valence-electron chi connectivity index (χ2n) is 2.94. The van der Waals surface area contributed by atoms with Gasteiger partial charge in [-0.1, -0.05) is 13.3 Å². The average molecular weight is 175 g/mol. The third-order valence-corrected chi connectivity index (χ3v) is 1.72. The van der Waals surface area contributed by atoms with Crippen molar-refractivity contribution in [2.45, 2.75) is 32.2 Å². The standard InChI is InChI=1S/C9H21NO2/c1-3-4-9(10)5-6-12-8-7-11-2/h9H,3-8,10H2,1-2H3/t9-/m0/s1. The Balaban J connectivity index is 2.97. The Morgan fingerprint density at radius 3 is 2.50 bits per heavy atom. The van der Waals surface area contributed by atoms with Gasteiger partial charge in [0.25, 0.3) is 0 Å². The van der Waals surface area contributed by atoms with Gasteiger partial charge in [-0.25, -0.2) is 0 Å². The number of ether oxygens (including phenoxy) is 2. The van der Waals surface area contributed by atoms with E-state index in [0.29, 0.717) is 19.3 Å². The van der Waals surface area contributed by atoms with E-state index in [0.717, 1.165) is 25.9 Å². The van der Waals surface area contributed by atoms with E-state index >= 15 is 0 Å². The van der Waals surface area contributed by atoms with E-state index in [1.165, 1.54) is 0 Å². The Morgan fingerprint density at radius 1 is 1.17 bits per heavy atom. The first-order valence-electron chi connectivity index (χ1n) is 4.63. The number of hydrogen-bond donors (Lipinski definition) is 1. The maximum Gasteiger partial charge on any atom is 0.0700 e. The van der Waals surface area contributed by atoms with Crippen LogP contribution in [-0.2, 0) is 9.47 Å². The highest BCUT2D eigenvalue weighted by atomic mass is 16.5. The Hall–Kier alpha value is -0.120. The Kier molecular flexibility index (Phi) is 8.88. The average Bonchev–Trinajstić information content (AvgIpc) is 2.05. The van der Waals surface area contributed by atoms with E-state index in [2.05, 4.69) is 6.92 Å². The summed E-state index contributed by atoms with van der Waals surface area (Å²) in [5, 5.41) is 0. The van der Waals surface area contributed by atoms with Crippen molar-refractivity contribution in [2.75, 3.05) is 26.9 Å². The van der Waals surface area contributed by atoms with Crippen molar-refractivity contribution < 1.29 is 9.47 Å². The van der Waals surface area contributed by atoms with Crippen LogP contribution in [0.5, 0.6) is 0 Å². The molecule has 0 fully saturated rings. The second-order valence-corrected chi connectivity index (χ2v) is 2.94. The van der Waals surface area contributed by atoms with Crippen molar-refractivity contribution in [3.8, 4) is 0 Å². The topological polar surface area (TPSA) is 44.5 Å². The predicted octanol–water partition coefficient (Wildman–Crippen LogP) is 1.17. The zero-order valence-corrected chi connectivity index (χ0v) is 8.21.